The maximum atomic E-state index is 12.3. The van der Waals surface area contributed by atoms with Gasteiger partial charge in [-0.3, -0.25) is 9.78 Å². The van der Waals surface area contributed by atoms with E-state index in [-0.39, 0.29) is 11.9 Å². The van der Waals surface area contributed by atoms with Crippen molar-refractivity contribution in [2.45, 2.75) is 19.4 Å². The van der Waals surface area contributed by atoms with Gasteiger partial charge in [-0.05, 0) is 43.2 Å². The minimum atomic E-state index is -0.107. The summed E-state index contributed by atoms with van der Waals surface area (Å²) in [6.45, 7) is 2.89. The zero-order valence-electron chi connectivity index (χ0n) is 11.4. The van der Waals surface area contributed by atoms with Crippen LogP contribution in [-0.2, 0) is 6.42 Å². The second-order valence-electron chi connectivity index (χ2n) is 5.00. The summed E-state index contributed by atoms with van der Waals surface area (Å²) in [5, 5.41) is 6.26. The lowest BCUT2D eigenvalue weighted by molar-refractivity contribution is 0.0939. The molecule has 4 heteroatoms. The Kier molecular flexibility index (Phi) is 3.37. The van der Waals surface area contributed by atoms with Gasteiger partial charge in [0, 0.05) is 24.0 Å². The van der Waals surface area contributed by atoms with Crippen LogP contribution in [0.25, 0.3) is 0 Å². The van der Waals surface area contributed by atoms with Crippen molar-refractivity contribution in [3.8, 4) is 0 Å². The highest BCUT2D eigenvalue weighted by Gasteiger charge is 2.15. The molecule has 1 aromatic carbocycles. The van der Waals surface area contributed by atoms with Crippen molar-refractivity contribution >= 4 is 11.6 Å². The molecule has 1 aliphatic rings. The summed E-state index contributed by atoms with van der Waals surface area (Å²) >= 11 is 0. The van der Waals surface area contributed by atoms with E-state index in [1.54, 1.807) is 6.20 Å². The average molecular weight is 267 g/mol. The number of carbonyl (C=O) groups excluding carboxylic acids is 1. The fourth-order valence-corrected chi connectivity index (χ4v) is 2.42. The molecule has 2 heterocycles. The number of carbonyl (C=O) groups is 1. The van der Waals surface area contributed by atoms with Gasteiger partial charge in [0.2, 0.25) is 0 Å². The predicted molar refractivity (Wildman–Crippen MR) is 78.8 cm³/mol. The molecule has 1 amide bonds. The SMILES string of the molecule is C[C@@H](NC(=O)c1ccc2c(c1)NCC2)c1ccccn1. The Morgan fingerprint density at radius 1 is 1.35 bits per heavy atom. The molecule has 1 aliphatic heterocycles. The summed E-state index contributed by atoms with van der Waals surface area (Å²) in [6.07, 6.45) is 2.76. The second kappa shape index (κ2) is 5.33. The van der Waals surface area contributed by atoms with Gasteiger partial charge in [0.15, 0.2) is 0 Å². The quantitative estimate of drug-likeness (QED) is 0.898. The van der Waals surface area contributed by atoms with Gasteiger partial charge in [-0.1, -0.05) is 12.1 Å². The first-order chi connectivity index (χ1) is 9.74. The number of benzene rings is 1. The molecular formula is C16H17N3O. The third-order valence-electron chi connectivity index (χ3n) is 3.56. The molecule has 1 atom stereocenters. The molecule has 0 radical (unpaired) electrons. The van der Waals surface area contributed by atoms with Crippen LogP contribution in [-0.4, -0.2) is 17.4 Å². The molecule has 2 aromatic rings. The first-order valence-electron chi connectivity index (χ1n) is 6.82. The molecule has 0 bridgehead atoms. The number of amides is 1. The van der Waals surface area contributed by atoms with Crippen LogP contribution < -0.4 is 10.6 Å². The van der Waals surface area contributed by atoms with Crippen LogP contribution in [0, 0.1) is 0 Å². The summed E-state index contributed by atoms with van der Waals surface area (Å²) in [5.74, 6) is -0.0698. The van der Waals surface area contributed by atoms with Crippen LogP contribution >= 0.6 is 0 Å². The topological polar surface area (TPSA) is 54.0 Å². The van der Waals surface area contributed by atoms with E-state index in [1.807, 2.05) is 43.3 Å². The maximum absolute atomic E-state index is 12.3. The Hall–Kier alpha value is -2.36. The minimum absolute atomic E-state index is 0.0698. The van der Waals surface area contributed by atoms with Gasteiger partial charge < -0.3 is 10.6 Å². The first kappa shape index (κ1) is 12.7. The van der Waals surface area contributed by atoms with E-state index in [2.05, 4.69) is 15.6 Å². The maximum Gasteiger partial charge on any atom is 0.251 e. The summed E-state index contributed by atoms with van der Waals surface area (Å²) in [7, 11) is 0. The van der Waals surface area contributed by atoms with Crippen molar-refractivity contribution in [3.63, 3.8) is 0 Å². The number of nitrogens with zero attached hydrogens (tertiary/aromatic N) is 1. The zero-order valence-corrected chi connectivity index (χ0v) is 11.4. The van der Waals surface area contributed by atoms with Crippen LogP contribution in [0.15, 0.2) is 42.6 Å². The number of aromatic nitrogens is 1. The number of pyridine rings is 1. The van der Waals surface area contributed by atoms with Gasteiger partial charge >= 0.3 is 0 Å². The molecule has 0 spiro atoms. The average Bonchev–Trinajstić information content (AvgIpc) is 2.95. The number of anilines is 1. The zero-order chi connectivity index (χ0) is 13.9. The van der Waals surface area contributed by atoms with E-state index in [1.165, 1.54) is 5.56 Å². The van der Waals surface area contributed by atoms with Crippen molar-refractivity contribution in [1.82, 2.24) is 10.3 Å². The molecule has 0 saturated carbocycles. The van der Waals surface area contributed by atoms with Crippen LogP contribution in [0.1, 0.15) is 34.6 Å². The fourth-order valence-electron chi connectivity index (χ4n) is 2.42. The van der Waals surface area contributed by atoms with Gasteiger partial charge in [-0.2, -0.15) is 0 Å². The smallest absolute Gasteiger partial charge is 0.251 e. The van der Waals surface area contributed by atoms with E-state index >= 15 is 0 Å². The normalized spacial score (nSPS) is 14.2. The summed E-state index contributed by atoms with van der Waals surface area (Å²) in [4.78, 5) is 16.5. The highest BCUT2D eigenvalue weighted by Crippen LogP contribution is 2.23. The van der Waals surface area contributed by atoms with E-state index in [4.69, 9.17) is 0 Å². The van der Waals surface area contributed by atoms with Crippen molar-refractivity contribution < 1.29 is 4.79 Å². The molecule has 0 fully saturated rings. The third-order valence-corrected chi connectivity index (χ3v) is 3.56. The van der Waals surface area contributed by atoms with Crippen molar-refractivity contribution in [1.29, 1.82) is 0 Å². The fraction of sp³-hybridized carbons (Fsp3) is 0.250. The molecule has 20 heavy (non-hydrogen) atoms. The molecule has 102 valence electrons. The van der Waals surface area contributed by atoms with Crippen LogP contribution in [0.5, 0.6) is 0 Å². The van der Waals surface area contributed by atoms with Gasteiger partial charge in [0.05, 0.1) is 11.7 Å². The highest BCUT2D eigenvalue weighted by molar-refractivity contribution is 5.95. The first-order valence-corrected chi connectivity index (χ1v) is 6.82. The Bertz CT molecular complexity index is 625. The number of nitrogens with one attached hydrogen (secondary N) is 2. The molecule has 4 nitrogen and oxygen atoms in total. The van der Waals surface area contributed by atoms with E-state index < -0.39 is 0 Å². The number of hydrogen-bond donors (Lipinski definition) is 2. The second-order valence-corrected chi connectivity index (χ2v) is 5.00. The summed E-state index contributed by atoms with van der Waals surface area (Å²) in [6, 6.07) is 11.4. The number of hydrogen-bond acceptors (Lipinski definition) is 3. The molecule has 3 rings (SSSR count). The number of rotatable bonds is 3. The molecule has 2 N–H and O–H groups in total. The Labute approximate surface area is 118 Å². The minimum Gasteiger partial charge on any atom is -0.384 e. The monoisotopic (exact) mass is 267 g/mol. The van der Waals surface area contributed by atoms with Gasteiger partial charge in [0.1, 0.15) is 0 Å². The summed E-state index contributed by atoms with van der Waals surface area (Å²) in [5.41, 5.74) is 3.89. The summed E-state index contributed by atoms with van der Waals surface area (Å²) < 4.78 is 0. The molecular weight excluding hydrogens is 250 g/mol. The standard InChI is InChI=1S/C16H17N3O/c1-11(14-4-2-3-8-17-14)19-16(20)13-6-5-12-7-9-18-15(12)10-13/h2-6,8,10-11,18H,7,9H2,1H3,(H,19,20)/t11-/m1/s1. The van der Waals surface area contributed by atoms with E-state index in [9.17, 15) is 4.79 Å². The highest BCUT2D eigenvalue weighted by atomic mass is 16.1. The van der Waals surface area contributed by atoms with Crippen molar-refractivity contribution in [3.05, 3.63) is 59.4 Å². The van der Waals surface area contributed by atoms with Gasteiger partial charge in [-0.25, -0.2) is 0 Å². The van der Waals surface area contributed by atoms with Gasteiger partial charge in [-0.15, -0.1) is 0 Å². The Morgan fingerprint density at radius 3 is 3.05 bits per heavy atom. The lowest BCUT2D eigenvalue weighted by Gasteiger charge is -2.13. The molecule has 0 unspecified atom stereocenters. The van der Waals surface area contributed by atoms with Crippen LogP contribution in [0.3, 0.4) is 0 Å². The van der Waals surface area contributed by atoms with Crippen LogP contribution in [0.4, 0.5) is 5.69 Å². The Balaban J connectivity index is 1.73. The molecule has 1 aromatic heterocycles. The van der Waals surface area contributed by atoms with Crippen molar-refractivity contribution in [2.75, 3.05) is 11.9 Å². The van der Waals surface area contributed by atoms with E-state index in [0.29, 0.717) is 5.56 Å². The lowest BCUT2D eigenvalue weighted by atomic mass is 10.1. The lowest BCUT2D eigenvalue weighted by Crippen LogP contribution is -2.27. The largest absolute Gasteiger partial charge is 0.384 e. The Morgan fingerprint density at radius 2 is 2.25 bits per heavy atom. The van der Waals surface area contributed by atoms with E-state index in [0.717, 1.165) is 24.3 Å². The van der Waals surface area contributed by atoms with Crippen LogP contribution in [0.2, 0.25) is 0 Å². The predicted octanol–water partition coefficient (Wildman–Crippen LogP) is 2.54. The molecule has 0 aliphatic carbocycles. The third kappa shape index (κ3) is 2.50. The number of fused-ring (bicyclic) bond motifs is 1. The van der Waals surface area contributed by atoms with Gasteiger partial charge in [0.25, 0.3) is 5.91 Å². The van der Waals surface area contributed by atoms with Crippen molar-refractivity contribution in [2.24, 2.45) is 0 Å². The molecule has 0 saturated heterocycles.